The zero-order chi connectivity index (χ0) is 15.3. The van der Waals surface area contributed by atoms with E-state index in [2.05, 4.69) is 4.74 Å². The second-order valence-corrected chi connectivity index (χ2v) is 6.58. The van der Waals surface area contributed by atoms with E-state index in [0.717, 1.165) is 0 Å². The van der Waals surface area contributed by atoms with Crippen molar-refractivity contribution in [2.75, 3.05) is 20.2 Å². The molecule has 1 rings (SSSR count). The Labute approximate surface area is 124 Å². The predicted molar refractivity (Wildman–Crippen MR) is 77.3 cm³/mol. The number of hydrogen-bond acceptors (Lipinski definition) is 4. The number of rotatable bonds is 6. The van der Waals surface area contributed by atoms with Crippen molar-refractivity contribution in [1.82, 2.24) is 4.31 Å². The molecule has 0 atom stereocenters. The van der Waals surface area contributed by atoms with Crippen LogP contribution in [0.25, 0.3) is 0 Å². The first kappa shape index (κ1) is 16.9. The van der Waals surface area contributed by atoms with E-state index >= 15 is 0 Å². The van der Waals surface area contributed by atoms with Crippen molar-refractivity contribution in [3.8, 4) is 0 Å². The summed E-state index contributed by atoms with van der Waals surface area (Å²) in [5, 5.41) is 0.359. The van der Waals surface area contributed by atoms with Gasteiger partial charge in [-0.25, -0.2) is 8.42 Å². The van der Waals surface area contributed by atoms with Crippen molar-refractivity contribution in [1.29, 1.82) is 0 Å². The highest BCUT2D eigenvalue weighted by molar-refractivity contribution is 7.89. The Morgan fingerprint density at radius 1 is 1.40 bits per heavy atom. The SMILES string of the molecule is CCN(CCC(=O)OC)S(=O)(=O)c1cc(Cl)ccc1C. The normalized spacial score (nSPS) is 11.7. The molecule has 0 aliphatic heterocycles. The molecule has 0 aliphatic rings. The van der Waals surface area contributed by atoms with Gasteiger partial charge in [0.05, 0.1) is 18.4 Å². The fourth-order valence-corrected chi connectivity index (χ4v) is 3.69. The van der Waals surface area contributed by atoms with Gasteiger partial charge in [0.2, 0.25) is 10.0 Å². The third-order valence-corrected chi connectivity index (χ3v) is 5.27. The Balaban J connectivity index is 3.06. The summed E-state index contributed by atoms with van der Waals surface area (Å²) >= 11 is 5.86. The van der Waals surface area contributed by atoms with Gasteiger partial charge in [0, 0.05) is 18.1 Å². The van der Waals surface area contributed by atoms with Crippen LogP contribution in [0.15, 0.2) is 23.1 Å². The fraction of sp³-hybridized carbons (Fsp3) is 0.462. The number of carbonyl (C=O) groups is 1. The van der Waals surface area contributed by atoms with Gasteiger partial charge in [0.25, 0.3) is 0 Å². The van der Waals surface area contributed by atoms with Crippen LogP contribution in [0, 0.1) is 6.92 Å². The van der Waals surface area contributed by atoms with Gasteiger partial charge in [-0.15, -0.1) is 0 Å². The highest BCUT2D eigenvalue weighted by atomic mass is 35.5. The molecular formula is C13H18ClNO4S. The van der Waals surface area contributed by atoms with Gasteiger partial charge in [0.1, 0.15) is 0 Å². The van der Waals surface area contributed by atoms with Crippen LogP contribution in [0.1, 0.15) is 18.9 Å². The molecule has 0 fully saturated rings. The smallest absolute Gasteiger partial charge is 0.306 e. The van der Waals surface area contributed by atoms with E-state index in [4.69, 9.17) is 11.6 Å². The van der Waals surface area contributed by atoms with Crippen molar-refractivity contribution in [2.45, 2.75) is 25.2 Å². The number of aryl methyl sites for hydroxylation is 1. The van der Waals surface area contributed by atoms with Crippen LogP contribution in [0.2, 0.25) is 5.02 Å². The molecule has 0 aromatic heterocycles. The van der Waals surface area contributed by atoms with E-state index in [1.807, 2.05) is 0 Å². The van der Waals surface area contributed by atoms with Gasteiger partial charge in [-0.05, 0) is 24.6 Å². The fourth-order valence-electron chi connectivity index (χ4n) is 1.76. The second-order valence-electron chi connectivity index (χ2n) is 4.23. The van der Waals surface area contributed by atoms with Crippen LogP contribution in [0.3, 0.4) is 0 Å². The lowest BCUT2D eigenvalue weighted by Crippen LogP contribution is -2.33. The van der Waals surface area contributed by atoms with Crippen LogP contribution in [0.5, 0.6) is 0 Å². The molecule has 0 heterocycles. The molecule has 1 aromatic rings. The van der Waals surface area contributed by atoms with E-state index < -0.39 is 16.0 Å². The van der Waals surface area contributed by atoms with Gasteiger partial charge < -0.3 is 4.74 Å². The summed E-state index contributed by atoms with van der Waals surface area (Å²) in [6, 6.07) is 4.72. The van der Waals surface area contributed by atoms with Gasteiger partial charge in [-0.1, -0.05) is 24.6 Å². The van der Waals surface area contributed by atoms with Crippen LogP contribution in [-0.2, 0) is 19.6 Å². The number of sulfonamides is 1. The first-order chi connectivity index (χ1) is 9.32. The number of benzene rings is 1. The average molecular weight is 320 g/mol. The van der Waals surface area contributed by atoms with E-state index in [0.29, 0.717) is 10.6 Å². The van der Waals surface area contributed by atoms with Crippen LogP contribution in [0.4, 0.5) is 0 Å². The molecule has 20 heavy (non-hydrogen) atoms. The summed E-state index contributed by atoms with van der Waals surface area (Å²) in [6.07, 6.45) is 0.0170. The first-order valence-corrected chi connectivity index (χ1v) is 7.97. The number of esters is 1. The zero-order valence-corrected chi connectivity index (χ0v) is 13.3. The summed E-state index contributed by atoms with van der Waals surface area (Å²) in [5.41, 5.74) is 0.617. The summed E-state index contributed by atoms with van der Waals surface area (Å²) in [7, 11) is -2.40. The molecule has 5 nitrogen and oxygen atoms in total. The van der Waals surface area contributed by atoms with Crippen molar-refractivity contribution in [2.24, 2.45) is 0 Å². The second kappa shape index (κ2) is 7.06. The van der Waals surface area contributed by atoms with E-state index in [-0.39, 0.29) is 24.4 Å². The van der Waals surface area contributed by atoms with Gasteiger partial charge in [0.15, 0.2) is 0 Å². The summed E-state index contributed by atoms with van der Waals surface area (Å²) < 4.78 is 30.9. The first-order valence-electron chi connectivity index (χ1n) is 6.16. The number of nitrogens with zero attached hydrogens (tertiary/aromatic N) is 1. The Bertz CT molecular complexity index is 586. The standard InChI is InChI=1S/C13H18ClNO4S/c1-4-15(8-7-13(16)19-3)20(17,18)12-9-11(14)6-5-10(12)2/h5-6,9H,4,7-8H2,1-3H3. The number of hydrogen-bond donors (Lipinski definition) is 0. The predicted octanol–water partition coefficient (Wildman–Crippen LogP) is 2.22. The molecule has 0 saturated carbocycles. The molecule has 0 spiro atoms. The molecule has 0 radical (unpaired) electrons. The zero-order valence-electron chi connectivity index (χ0n) is 11.7. The Hall–Kier alpha value is -1.11. The maximum atomic E-state index is 12.6. The Morgan fingerprint density at radius 2 is 2.05 bits per heavy atom. The molecule has 0 saturated heterocycles. The lowest BCUT2D eigenvalue weighted by molar-refractivity contribution is -0.140. The van der Waals surface area contributed by atoms with Crippen LogP contribution in [-0.4, -0.2) is 38.9 Å². The molecule has 0 unspecified atom stereocenters. The lowest BCUT2D eigenvalue weighted by Gasteiger charge is -2.21. The minimum Gasteiger partial charge on any atom is -0.469 e. The number of methoxy groups -OCH3 is 1. The molecular weight excluding hydrogens is 302 g/mol. The van der Waals surface area contributed by atoms with Crippen molar-refractivity contribution in [3.63, 3.8) is 0 Å². The quantitative estimate of drug-likeness (QED) is 0.754. The van der Waals surface area contributed by atoms with Crippen LogP contribution >= 0.6 is 11.6 Å². The van der Waals surface area contributed by atoms with Crippen LogP contribution < -0.4 is 0 Å². The van der Waals surface area contributed by atoms with Crippen molar-refractivity contribution in [3.05, 3.63) is 28.8 Å². The molecule has 0 N–H and O–H groups in total. The van der Waals surface area contributed by atoms with Crippen molar-refractivity contribution < 1.29 is 17.9 Å². The molecule has 112 valence electrons. The van der Waals surface area contributed by atoms with E-state index in [9.17, 15) is 13.2 Å². The molecule has 0 aliphatic carbocycles. The maximum Gasteiger partial charge on any atom is 0.306 e. The largest absolute Gasteiger partial charge is 0.469 e. The number of ether oxygens (including phenoxy) is 1. The van der Waals surface area contributed by atoms with E-state index in [1.54, 1.807) is 26.0 Å². The molecule has 1 aromatic carbocycles. The Kier molecular flexibility index (Phi) is 5.98. The minimum atomic E-state index is -3.67. The monoisotopic (exact) mass is 319 g/mol. The molecule has 0 amide bonds. The maximum absolute atomic E-state index is 12.6. The lowest BCUT2D eigenvalue weighted by atomic mass is 10.2. The van der Waals surface area contributed by atoms with Crippen molar-refractivity contribution >= 4 is 27.6 Å². The summed E-state index contributed by atoms with van der Waals surface area (Å²) in [6.45, 7) is 3.77. The van der Waals surface area contributed by atoms with Gasteiger partial charge in [-0.2, -0.15) is 4.31 Å². The third kappa shape index (κ3) is 3.94. The average Bonchev–Trinajstić information content (AvgIpc) is 2.41. The Morgan fingerprint density at radius 3 is 2.60 bits per heavy atom. The number of carbonyl (C=O) groups excluding carboxylic acids is 1. The third-order valence-electron chi connectivity index (χ3n) is 2.91. The molecule has 7 heteroatoms. The summed E-state index contributed by atoms with van der Waals surface area (Å²) in [5.74, 6) is -0.443. The highest BCUT2D eigenvalue weighted by Crippen LogP contribution is 2.23. The highest BCUT2D eigenvalue weighted by Gasteiger charge is 2.25. The van der Waals surface area contributed by atoms with Gasteiger partial charge >= 0.3 is 5.97 Å². The summed E-state index contributed by atoms with van der Waals surface area (Å²) in [4.78, 5) is 11.3. The molecule has 0 bridgehead atoms. The van der Waals surface area contributed by atoms with E-state index in [1.165, 1.54) is 17.5 Å². The topological polar surface area (TPSA) is 63.7 Å². The van der Waals surface area contributed by atoms with Gasteiger partial charge in [-0.3, -0.25) is 4.79 Å². The number of halogens is 1. The minimum absolute atomic E-state index is 0.0170.